The summed E-state index contributed by atoms with van der Waals surface area (Å²) in [5.41, 5.74) is 0.873. The molecule has 0 aromatic heterocycles. The summed E-state index contributed by atoms with van der Waals surface area (Å²) < 4.78 is 5.79. The number of carbonyl (C=O) groups excluding carboxylic acids is 1. The van der Waals surface area contributed by atoms with Gasteiger partial charge in [0, 0.05) is 23.1 Å². The molecule has 3 atom stereocenters. The second-order valence-electron chi connectivity index (χ2n) is 7.99. The van der Waals surface area contributed by atoms with E-state index in [4.69, 9.17) is 21.2 Å². The number of aliphatic hydroxyl groups is 1. The molecule has 0 saturated heterocycles. The average molecular weight is 468 g/mol. The number of benzene rings is 1. The SMILES string of the molecule is CCCC(=NOC[C@H](C)Oc1ccc(Cl)cc1)C1=C(O)CC(CC(C)SCC)CC1=O. The number of oxime groups is 1. The zero-order valence-corrected chi connectivity index (χ0v) is 20.5. The Balaban J connectivity index is 2.00. The molecule has 0 saturated carbocycles. The minimum Gasteiger partial charge on any atom is -0.511 e. The second-order valence-corrected chi connectivity index (χ2v) is 10.1. The minimum absolute atomic E-state index is 0.0382. The summed E-state index contributed by atoms with van der Waals surface area (Å²) in [7, 11) is 0. The van der Waals surface area contributed by atoms with Gasteiger partial charge >= 0.3 is 0 Å². The molecule has 0 bridgehead atoms. The number of carbonyl (C=O) groups is 1. The maximum atomic E-state index is 12.8. The van der Waals surface area contributed by atoms with E-state index in [0.717, 1.165) is 18.6 Å². The lowest BCUT2D eigenvalue weighted by Crippen LogP contribution is -2.26. The Labute approximate surface area is 195 Å². The number of Topliss-reactive ketones (excluding diaryl/α,β-unsaturated/α-hetero) is 1. The molecule has 2 unspecified atom stereocenters. The molecule has 31 heavy (non-hydrogen) atoms. The Bertz CT molecular complexity index is 778. The van der Waals surface area contributed by atoms with E-state index >= 15 is 0 Å². The summed E-state index contributed by atoms with van der Waals surface area (Å²) in [5, 5.41) is 16.0. The third-order valence-electron chi connectivity index (χ3n) is 5.05. The van der Waals surface area contributed by atoms with E-state index in [9.17, 15) is 9.90 Å². The van der Waals surface area contributed by atoms with Gasteiger partial charge in [-0.2, -0.15) is 11.8 Å². The molecule has 7 heteroatoms. The lowest BCUT2D eigenvalue weighted by atomic mass is 9.82. The van der Waals surface area contributed by atoms with Crippen molar-refractivity contribution in [1.82, 2.24) is 0 Å². The van der Waals surface area contributed by atoms with Crippen LogP contribution in [0.5, 0.6) is 5.75 Å². The molecule has 5 nitrogen and oxygen atoms in total. The van der Waals surface area contributed by atoms with Crippen molar-refractivity contribution in [1.29, 1.82) is 0 Å². The highest BCUT2D eigenvalue weighted by molar-refractivity contribution is 7.99. The molecule has 0 heterocycles. The van der Waals surface area contributed by atoms with Gasteiger partial charge in [0.2, 0.25) is 0 Å². The summed E-state index contributed by atoms with van der Waals surface area (Å²) in [6.45, 7) is 8.44. The number of allylic oxidation sites excluding steroid dienone is 2. The lowest BCUT2D eigenvalue weighted by molar-refractivity contribution is -0.116. The summed E-state index contributed by atoms with van der Waals surface area (Å²) in [6.07, 6.45) is 3.04. The van der Waals surface area contributed by atoms with Crippen LogP contribution in [0, 0.1) is 5.92 Å². The molecule has 1 aliphatic rings. The number of ether oxygens (including phenoxy) is 1. The molecule has 1 aromatic carbocycles. The van der Waals surface area contributed by atoms with Crippen LogP contribution in [0.4, 0.5) is 0 Å². The van der Waals surface area contributed by atoms with Crippen LogP contribution in [0.3, 0.4) is 0 Å². The van der Waals surface area contributed by atoms with E-state index in [0.29, 0.717) is 46.6 Å². The highest BCUT2D eigenvalue weighted by Crippen LogP contribution is 2.32. The number of hydrogen-bond donors (Lipinski definition) is 1. The fraction of sp³-hybridized carbons (Fsp3) is 0.583. The molecule has 0 aliphatic heterocycles. The van der Waals surface area contributed by atoms with Gasteiger partial charge in [-0.15, -0.1) is 0 Å². The number of ketones is 1. The predicted molar refractivity (Wildman–Crippen MR) is 129 cm³/mol. The van der Waals surface area contributed by atoms with Crippen molar-refractivity contribution in [2.45, 2.75) is 71.2 Å². The van der Waals surface area contributed by atoms with Crippen molar-refractivity contribution in [3.05, 3.63) is 40.6 Å². The van der Waals surface area contributed by atoms with E-state index in [2.05, 4.69) is 19.0 Å². The Morgan fingerprint density at radius 3 is 2.58 bits per heavy atom. The van der Waals surface area contributed by atoms with E-state index in [-0.39, 0.29) is 30.2 Å². The second kappa shape index (κ2) is 13.0. The number of thioether (sulfide) groups is 1. The van der Waals surface area contributed by atoms with Crippen LogP contribution in [-0.2, 0) is 9.63 Å². The maximum absolute atomic E-state index is 12.8. The standard InChI is InChI=1S/C24H34ClNO4S/c1-5-7-21(26-29-15-16(3)30-20-10-8-19(25)9-11-20)24-22(27)13-18(14-23(24)28)12-17(4)31-6-2/h8-11,16-18,27H,5-7,12-15H2,1-4H3/t16-,17?,18?/m0/s1. The van der Waals surface area contributed by atoms with Crippen molar-refractivity contribution in [2.24, 2.45) is 11.1 Å². The van der Waals surface area contributed by atoms with Crippen molar-refractivity contribution in [3.8, 4) is 5.75 Å². The van der Waals surface area contributed by atoms with Gasteiger partial charge in [-0.25, -0.2) is 0 Å². The van der Waals surface area contributed by atoms with Crippen molar-refractivity contribution < 1.29 is 19.5 Å². The summed E-state index contributed by atoms with van der Waals surface area (Å²) in [4.78, 5) is 18.4. The van der Waals surface area contributed by atoms with Gasteiger partial charge in [0.15, 0.2) is 12.4 Å². The van der Waals surface area contributed by atoms with E-state index in [1.165, 1.54) is 0 Å². The predicted octanol–water partition coefficient (Wildman–Crippen LogP) is 6.60. The third-order valence-corrected chi connectivity index (χ3v) is 6.40. The molecule has 1 aromatic rings. The first kappa shape index (κ1) is 25.6. The van der Waals surface area contributed by atoms with Crippen molar-refractivity contribution in [2.75, 3.05) is 12.4 Å². The first-order valence-electron chi connectivity index (χ1n) is 11.0. The normalized spacial score (nSPS) is 19.3. The highest BCUT2D eigenvalue weighted by Gasteiger charge is 2.31. The van der Waals surface area contributed by atoms with Crippen LogP contribution >= 0.6 is 23.4 Å². The molecule has 1 N–H and O–H groups in total. The van der Waals surface area contributed by atoms with Gasteiger partial charge in [0.25, 0.3) is 0 Å². The number of aliphatic hydroxyl groups excluding tert-OH is 1. The lowest BCUT2D eigenvalue weighted by Gasteiger charge is -2.26. The van der Waals surface area contributed by atoms with Gasteiger partial charge < -0.3 is 14.7 Å². The zero-order chi connectivity index (χ0) is 22.8. The van der Waals surface area contributed by atoms with Crippen molar-refractivity contribution >= 4 is 34.9 Å². The van der Waals surface area contributed by atoms with Crippen LogP contribution in [0.2, 0.25) is 5.02 Å². The van der Waals surface area contributed by atoms with Crippen LogP contribution in [0.15, 0.2) is 40.8 Å². The molecule has 0 radical (unpaired) electrons. The smallest absolute Gasteiger partial charge is 0.168 e. The fourth-order valence-corrected chi connectivity index (χ4v) is 4.84. The highest BCUT2D eigenvalue weighted by atomic mass is 35.5. The number of hydrogen-bond acceptors (Lipinski definition) is 6. The van der Waals surface area contributed by atoms with Crippen LogP contribution < -0.4 is 4.74 Å². The number of halogens is 1. The van der Waals surface area contributed by atoms with E-state index < -0.39 is 0 Å². The Kier molecular flexibility index (Phi) is 10.7. The first-order valence-corrected chi connectivity index (χ1v) is 12.4. The molecule has 0 spiro atoms. The molecule has 2 rings (SSSR count). The van der Waals surface area contributed by atoms with E-state index in [1.54, 1.807) is 24.3 Å². The molecular formula is C24H34ClNO4S. The molecule has 0 fully saturated rings. The topological polar surface area (TPSA) is 68.1 Å². The summed E-state index contributed by atoms with van der Waals surface area (Å²) in [6, 6.07) is 7.12. The first-order chi connectivity index (χ1) is 14.8. The molecule has 172 valence electrons. The van der Waals surface area contributed by atoms with Crippen LogP contribution in [-0.4, -0.2) is 40.3 Å². The van der Waals surface area contributed by atoms with Gasteiger partial charge in [0.05, 0.1) is 11.3 Å². The van der Waals surface area contributed by atoms with Crippen molar-refractivity contribution in [3.63, 3.8) is 0 Å². The number of rotatable bonds is 12. The monoisotopic (exact) mass is 467 g/mol. The summed E-state index contributed by atoms with van der Waals surface area (Å²) >= 11 is 7.78. The molecule has 1 aliphatic carbocycles. The fourth-order valence-electron chi connectivity index (χ4n) is 3.74. The largest absolute Gasteiger partial charge is 0.511 e. The Morgan fingerprint density at radius 1 is 1.26 bits per heavy atom. The maximum Gasteiger partial charge on any atom is 0.168 e. The quantitative estimate of drug-likeness (QED) is 0.277. The number of nitrogens with zero attached hydrogens (tertiary/aromatic N) is 1. The minimum atomic E-state index is -0.237. The van der Waals surface area contributed by atoms with Crippen LogP contribution in [0.25, 0.3) is 0 Å². The molecular weight excluding hydrogens is 434 g/mol. The van der Waals surface area contributed by atoms with Gasteiger partial charge in [-0.1, -0.05) is 43.9 Å². The molecule has 0 amide bonds. The zero-order valence-electron chi connectivity index (χ0n) is 18.9. The van der Waals surface area contributed by atoms with Gasteiger partial charge in [-0.05, 0) is 55.7 Å². The average Bonchev–Trinajstić information content (AvgIpc) is 2.69. The van der Waals surface area contributed by atoms with Crippen LogP contribution in [0.1, 0.15) is 59.8 Å². The Hall–Kier alpha value is -1.66. The Morgan fingerprint density at radius 2 is 1.97 bits per heavy atom. The van der Waals surface area contributed by atoms with Gasteiger partial charge in [0.1, 0.15) is 17.6 Å². The van der Waals surface area contributed by atoms with E-state index in [1.807, 2.05) is 25.6 Å². The third kappa shape index (κ3) is 8.41. The summed E-state index contributed by atoms with van der Waals surface area (Å²) in [5.74, 6) is 2.05. The van der Waals surface area contributed by atoms with Gasteiger partial charge in [-0.3, -0.25) is 4.79 Å².